The predicted octanol–water partition coefficient (Wildman–Crippen LogP) is 1.41. The molecule has 0 saturated heterocycles. The van der Waals surface area contributed by atoms with Crippen LogP contribution in [0, 0.1) is 0 Å². The zero-order chi connectivity index (χ0) is 15.6. The molecule has 0 aliphatic carbocycles. The molecule has 2 heterocycles. The minimum Gasteiger partial charge on any atom is -0.365 e. The van der Waals surface area contributed by atoms with E-state index in [-0.39, 0.29) is 5.69 Å². The van der Waals surface area contributed by atoms with Gasteiger partial charge >= 0.3 is 6.18 Å². The van der Waals surface area contributed by atoms with Crippen molar-refractivity contribution in [3.8, 4) is 0 Å². The lowest BCUT2D eigenvalue weighted by molar-refractivity contribution is -0.144. The van der Waals surface area contributed by atoms with Crippen molar-refractivity contribution in [3.63, 3.8) is 0 Å². The second-order valence-electron chi connectivity index (χ2n) is 4.21. The third kappa shape index (κ3) is 3.10. The molecule has 21 heavy (non-hydrogen) atoms. The lowest BCUT2D eigenvalue weighted by Crippen LogP contribution is -2.34. The van der Waals surface area contributed by atoms with Gasteiger partial charge in [0.2, 0.25) is 0 Å². The summed E-state index contributed by atoms with van der Waals surface area (Å²) in [5.41, 5.74) is 2.48. The van der Waals surface area contributed by atoms with E-state index in [1.54, 1.807) is 12.1 Å². The van der Waals surface area contributed by atoms with Gasteiger partial charge in [-0.2, -0.15) is 13.2 Å². The van der Waals surface area contributed by atoms with Crippen LogP contribution in [0.25, 0.3) is 0 Å². The number of carbonyl (C=O) groups excluding carboxylic acids is 1. The molecule has 0 radical (unpaired) electrons. The number of aromatic nitrogens is 2. The van der Waals surface area contributed by atoms with Gasteiger partial charge in [0.25, 0.3) is 11.5 Å². The first-order chi connectivity index (χ1) is 9.80. The van der Waals surface area contributed by atoms with Crippen molar-refractivity contribution in [1.29, 1.82) is 0 Å². The van der Waals surface area contributed by atoms with Crippen LogP contribution in [0.15, 0.2) is 41.3 Å². The fourth-order valence-corrected chi connectivity index (χ4v) is 1.82. The maximum atomic E-state index is 13.0. The number of pyridine rings is 2. The Labute approximate surface area is 116 Å². The van der Waals surface area contributed by atoms with Crippen LogP contribution in [-0.4, -0.2) is 15.5 Å². The normalized spacial score (nSPS) is 11.4. The molecule has 2 aromatic rings. The number of hydrogen-bond donors (Lipinski definition) is 1. The van der Waals surface area contributed by atoms with Crippen LogP contribution in [0.4, 0.5) is 13.2 Å². The molecule has 2 aromatic heterocycles. The van der Waals surface area contributed by atoms with E-state index in [2.05, 4.69) is 4.98 Å². The molecule has 2 N–H and O–H groups in total. The fourth-order valence-electron chi connectivity index (χ4n) is 1.82. The van der Waals surface area contributed by atoms with Crippen LogP contribution in [-0.2, 0) is 12.7 Å². The molecule has 0 unspecified atom stereocenters. The molecule has 0 aliphatic rings. The zero-order valence-electron chi connectivity index (χ0n) is 10.6. The SMILES string of the molecule is NC(=O)c1ccc(C(F)(F)F)n(Cc2ccccn2)c1=O. The van der Waals surface area contributed by atoms with Crippen molar-refractivity contribution >= 4 is 5.91 Å². The highest BCUT2D eigenvalue weighted by Crippen LogP contribution is 2.28. The number of amides is 1. The van der Waals surface area contributed by atoms with Crippen molar-refractivity contribution in [2.45, 2.75) is 12.7 Å². The number of rotatable bonds is 3. The Kier molecular flexibility index (Phi) is 3.79. The fraction of sp³-hybridized carbons (Fsp3) is 0.154. The van der Waals surface area contributed by atoms with E-state index in [1.807, 2.05) is 0 Å². The van der Waals surface area contributed by atoms with Gasteiger partial charge in [0.05, 0.1) is 12.2 Å². The molecule has 5 nitrogen and oxygen atoms in total. The molecule has 0 saturated carbocycles. The van der Waals surface area contributed by atoms with Gasteiger partial charge in [-0.3, -0.25) is 19.1 Å². The van der Waals surface area contributed by atoms with Crippen LogP contribution < -0.4 is 11.3 Å². The first kappa shape index (κ1) is 14.8. The molecule has 8 heteroatoms. The summed E-state index contributed by atoms with van der Waals surface area (Å²) >= 11 is 0. The number of primary amides is 1. The molecule has 0 spiro atoms. The number of nitrogens with zero attached hydrogens (tertiary/aromatic N) is 2. The van der Waals surface area contributed by atoms with Gasteiger partial charge < -0.3 is 5.73 Å². The summed E-state index contributed by atoms with van der Waals surface area (Å²) < 4.78 is 39.3. The number of halogens is 3. The largest absolute Gasteiger partial charge is 0.431 e. The minimum absolute atomic E-state index is 0.256. The van der Waals surface area contributed by atoms with Crippen molar-refractivity contribution < 1.29 is 18.0 Å². The van der Waals surface area contributed by atoms with Gasteiger partial charge in [-0.15, -0.1) is 0 Å². The maximum absolute atomic E-state index is 13.0. The van der Waals surface area contributed by atoms with Crippen molar-refractivity contribution in [2.75, 3.05) is 0 Å². The molecule has 0 fully saturated rings. The van der Waals surface area contributed by atoms with Crippen molar-refractivity contribution in [1.82, 2.24) is 9.55 Å². The zero-order valence-corrected chi connectivity index (χ0v) is 10.6. The highest BCUT2D eigenvalue weighted by Gasteiger charge is 2.35. The summed E-state index contributed by atoms with van der Waals surface area (Å²) in [4.78, 5) is 27.0. The first-order valence-electron chi connectivity index (χ1n) is 5.81. The average Bonchev–Trinajstić information content (AvgIpc) is 2.40. The highest BCUT2D eigenvalue weighted by molar-refractivity contribution is 5.92. The van der Waals surface area contributed by atoms with Crippen molar-refractivity contribution in [3.05, 3.63) is 63.8 Å². The molecular weight excluding hydrogens is 287 g/mol. The Hall–Kier alpha value is -2.64. The number of hydrogen-bond acceptors (Lipinski definition) is 3. The van der Waals surface area contributed by atoms with Crippen LogP contribution >= 0.6 is 0 Å². The Bertz CT molecular complexity index is 724. The summed E-state index contributed by atoms with van der Waals surface area (Å²) in [5, 5.41) is 0. The second-order valence-corrected chi connectivity index (χ2v) is 4.21. The quantitative estimate of drug-likeness (QED) is 0.930. The highest BCUT2D eigenvalue weighted by atomic mass is 19.4. The summed E-state index contributed by atoms with van der Waals surface area (Å²) in [6.45, 7) is -0.407. The Morgan fingerprint density at radius 3 is 2.48 bits per heavy atom. The lowest BCUT2D eigenvalue weighted by atomic mass is 10.2. The third-order valence-electron chi connectivity index (χ3n) is 2.78. The molecule has 0 aromatic carbocycles. The van der Waals surface area contributed by atoms with E-state index in [0.717, 1.165) is 6.07 Å². The maximum Gasteiger partial charge on any atom is 0.431 e. The van der Waals surface area contributed by atoms with Crippen LogP contribution in [0.3, 0.4) is 0 Å². The topological polar surface area (TPSA) is 78.0 Å². The summed E-state index contributed by atoms with van der Waals surface area (Å²) in [6, 6.07) is 6.09. The summed E-state index contributed by atoms with van der Waals surface area (Å²) in [5.74, 6) is -1.08. The van der Waals surface area contributed by atoms with Crippen molar-refractivity contribution in [2.24, 2.45) is 5.73 Å². The van der Waals surface area contributed by atoms with Crippen LogP contribution in [0.5, 0.6) is 0 Å². The number of alkyl halides is 3. The monoisotopic (exact) mass is 297 g/mol. The standard InChI is InChI=1S/C13H10F3N3O2/c14-13(15,16)10-5-4-9(11(17)20)12(21)19(10)7-8-3-1-2-6-18-8/h1-6H,7H2,(H2,17,20). The smallest absolute Gasteiger partial charge is 0.365 e. The van der Waals surface area contributed by atoms with Gasteiger partial charge in [0.1, 0.15) is 11.3 Å². The summed E-state index contributed by atoms with van der Waals surface area (Å²) in [6.07, 6.45) is -3.34. The number of nitrogens with two attached hydrogens (primary N) is 1. The Morgan fingerprint density at radius 1 is 1.24 bits per heavy atom. The van der Waals surface area contributed by atoms with E-state index in [9.17, 15) is 22.8 Å². The number of carbonyl (C=O) groups is 1. The second kappa shape index (κ2) is 5.39. The third-order valence-corrected chi connectivity index (χ3v) is 2.78. The van der Waals surface area contributed by atoms with E-state index in [0.29, 0.717) is 10.6 Å². The van der Waals surface area contributed by atoms with E-state index < -0.39 is 35.4 Å². The van der Waals surface area contributed by atoms with Crippen LogP contribution in [0.2, 0.25) is 0 Å². The Balaban J connectivity index is 2.62. The van der Waals surface area contributed by atoms with E-state index in [1.165, 1.54) is 12.3 Å². The van der Waals surface area contributed by atoms with Gasteiger partial charge in [-0.1, -0.05) is 6.07 Å². The molecule has 1 amide bonds. The average molecular weight is 297 g/mol. The summed E-state index contributed by atoms with van der Waals surface area (Å²) in [7, 11) is 0. The minimum atomic E-state index is -4.73. The lowest BCUT2D eigenvalue weighted by Gasteiger charge is -2.15. The van der Waals surface area contributed by atoms with Gasteiger partial charge in [0.15, 0.2) is 0 Å². The van der Waals surface area contributed by atoms with Crippen LogP contribution in [0.1, 0.15) is 21.7 Å². The molecule has 2 rings (SSSR count). The predicted molar refractivity (Wildman–Crippen MR) is 67.6 cm³/mol. The van der Waals surface area contributed by atoms with E-state index >= 15 is 0 Å². The molecule has 0 bridgehead atoms. The molecule has 0 aliphatic heterocycles. The first-order valence-corrected chi connectivity index (χ1v) is 5.81. The van der Waals surface area contributed by atoms with Gasteiger partial charge in [0, 0.05) is 6.20 Å². The van der Waals surface area contributed by atoms with Gasteiger partial charge in [-0.25, -0.2) is 0 Å². The Morgan fingerprint density at radius 2 is 1.95 bits per heavy atom. The van der Waals surface area contributed by atoms with E-state index in [4.69, 9.17) is 5.73 Å². The molecule has 0 atom stereocenters. The van der Waals surface area contributed by atoms with Gasteiger partial charge in [-0.05, 0) is 24.3 Å². The molecular formula is C13H10F3N3O2. The molecule has 110 valence electrons.